The van der Waals surface area contributed by atoms with Crippen LogP contribution in [-0.2, 0) is 13.0 Å². The lowest BCUT2D eigenvalue weighted by molar-refractivity contribution is 0.252. The average molecular weight is 312 g/mol. The molecule has 116 valence electrons. The zero-order valence-electron chi connectivity index (χ0n) is 12.5. The molecule has 0 aromatic heterocycles. The molecule has 1 aromatic rings. The summed E-state index contributed by atoms with van der Waals surface area (Å²) in [6.45, 7) is 7.07. The molecule has 1 atom stereocenters. The summed E-state index contributed by atoms with van der Waals surface area (Å²) >= 11 is 6.19. The van der Waals surface area contributed by atoms with Crippen LogP contribution >= 0.6 is 11.6 Å². The molecule has 1 aromatic carbocycles. The van der Waals surface area contributed by atoms with Crippen LogP contribution in [0.15, 0.2) is 17.3 Å². The molecular weight excluding hydrogens is 290 g/mol. The lowest BCUT2D eigenvalue weighted by Gasteiger charge is -2.24. The molecule has 1 heterocycles. The zero-order chi connectivity index (χ0) is 15.4. The van der Waals surface area contributed by atoms with E-state index in [0.717, 1.165) is 42.5 Å². The number of rotatable bonds is 6. The first kappa shape index (κ1) is 15.9. The number of halogens is 1. The maximum atomic E-state index is 8.75. The number of hydrogen-bond acceptors (Lipinski definition) is 4. The van der Waals surface area contributed by atoms with E-state index in [0.29, 0.717) is 6.54 Å². The highest BCUT2D eigenvalue weighted by atomic mass is 35.5. The van der Waals surface area contributed by atoms with Crippen molar-refractivity contribution in [3.8, 4) is 5.75 Å². The van der Waals surface area contributed by atoms with Crippen LogP contribution in [0.1, 0.15) is 25.0 Å². The minimum atomic E-state index is -0.0110. The maximum absolute atomic E-state index is 8.75. The number of nitrogens with two attached hydrogens (primary N) is 1. The number of fused-ring (bicyclic) bond motifs is 1. The Morgan fingerprint density at radius 3 is 3.00 bits per heavy atom. The predicted octanol–water partition coefficient (Wildman–Crippen LogP) is 2.48. The molecule has 5 nitrogen and oxygen atoms in total. The van der Waals surface area contributed by atoms with Crippen LogP contribution in [0.2, 0.25) is 5.02 Å². The fourth-order valence-corrected chi connectivity index (χ4v) is 2.85. The number of ether oxygens (including phenoxy) is 1. The number of oxime groups is 1. The van der Waals surface area contributed by atoms with Crippen LogP contribution in [-0.4, -0.2) is 35.6 Å². The van der Waals surface area contributed by atoms with E-state index in [9.17, 15) is 0 Å². The van der Waals surface area contributed by atoms with E-state index in [4.69, 9.17) is 27.3 Å². The van der Waals surface area contributed by atoms with Crippen molar-refractivity contribution in [2.24, 2.45) is 16.8 Å². The number of hydrogen-bond donors (Lipinski definition) is 2. The molecule has 21 heavy (non-hydrogen) atoms. The molecule has 1 unspecified atom stereocenters. The molecule has 1 aliphatic heterocycles. The Labute approximate surface area is 130 Å². The van der Waals surface area contributed by atoms with Gasteiger partial charge >= 0.3 is 0 Å². The third-order valence-electron chi connectivity index (χ3n) is 3.82. The highest BCUT2D eigenvalue weighted by Crippen LogP contribution is 2.33. The Kier molecular flexibility index (Phi) is 5.31. The summed E-state index contributed by atoms with van der Waals surface area (Å²) in [5.74, 6) is 1.21. The normalized spacial score (nSPS) is 15.9. The molecule has 0 saturated heterocycles. The molecule has 0 saturated carbocycles. The van der Waals surface area contributed by atoms with Crippen LogP contribution < -0.4 is 10.5 Å². The van der Waals surface area contributed by atoms with Gasteiger partial charge < -0.3 is 15.7 Å². The highest BCUT2D eigenvalue weighted by Gasteiger charge is 2.20. The smallest absolute Gasteiger partial charge is 0.143 e. The lowest BCUT2D eigenvalue weighted by Crippen LogP contribution is -2.34. The molecule has 6 heteroatoms. The second kappa shape index (κ2) is 7.00. The summed E-state index contributed by atoms with van der Waals surface area (Å²) in [5.41, 5.74) is 7.93. The van der Waals surface area contributed by atoms with Gasteiger partial charge in [-0.15, -0.1) is 0 Å². The predicted molar refractivity (Wildman–Crippen MR) is 84.2 cm³/mol. The van der Waals surface area contributed by atoms with E-state index in [1.165, 1.54) is 5.56 Å². The van der Waals surface area contributed by atoms with Crippen molar-refractivity contribution in [2.75, 3.05) is 19.7 Å². The summed E-state index contributed by atoms with van der Waals surface area (Å²) in [7, 11) is 0. The Bertz CT molecular complexity index is 534. The summed E-state index contributed by atoms with van der Waals surface area (Å²) in [5, 5.41) is 12.6. The molecule has 0 radical (unpaired) electrons. The molecule has 1 aliphatic rings. The van der Waals surface area contributed by atoms with Crippen molar-refractivity contribution in [2.45, 2.75) is 26.8 Å². The standard InChI is InChI=1S/C15H22ClN3O2/c1-3-19(8-10(2)15(17)18-20)9-12-7-13(16)6-11-4-5-21-14(11)12/h6-7,10,20H,3-5,8-9H2,1-2H3,(H2,17,18). The van der Waals surface area contributed by atoms with E-state index in [1.54, 1.807) is 0 Å². The first-order chi connectivity index (χ1) is 10.0. The average Bonchev–Trinajstić information content (AvgIpc) is 2.93. The van der Waals surface area contributed by atoms with E-state index in [1.807, 2.05) is 19.1 Å². The summed E-state index contributed by atoms with van der Waals surface area (Å²) < 4.78 is 5.73. The van der Waals surface area contributed by atoms with Crippen LogP contribution in [0.3, 0.4) is 0 Å². The second-order valence-electron chi connectivity index (χ2n) is 5.41. The van der Waals surface area contributed by atoms with E-state index < -0.39 is 0 Å². The molecule has 3 N–H and O–H groups in total. The number of nitrogens with zero attached hydrogens (tertiary/aromatic N) is 2. The molecular formula is C15H22ClN3O2. The largest absolute Gasteiger partial charge is 0.493 e. The van der Waals surface area contributed by atoms with E-state index >= 15 is 0 Å². The Morgan fingerprint density at radius 2 is 2.33 bits per heavy atom. The van der Waals surface area contributed by atoms with Gasteiger partial charge in [0.15, 0.2) is 0 Å². The molecule has 0 amide bonds. The summed E-state index contributed by atoms with van der Waals surface area (Å²) in [6.07, 6.45) is 0.912. The fourth-order valence-electron chi connectivity index (χ4n) is 2.59. The minimum absolute atomic E-state index is 0.0110. The molecule has 2 rings (SSSR count). The first-order valence-corrected chi connectivity index (χ1v) is 7.56. The molecule has 0 fully saturated rings. The third-order valence-corrected chi connectivity index (χ3v) is 4.04. The van der Waals surface area contributed by atoms with Gasteiger partial charge in [-0.25, -0.2) is 0 Å². The quantitative estimate of drug-likeness (QED) is 0.366. The van der Waals surface area contributed by atoms with Crippen LogP contribution in [0, 0.1) is 5.92 Å². The highest BCUT2D eigenvalue weighted by molar-refractivity contribution is 6.30. The number of benzene rings is 1. The van der Waals surface area contributed by atoms with Gasteiger partial charge in [-0.1, -0.05) is 30.6 Å². The monoisotopic (exact) mass is 311 g/mol. The van der Waals surface area contributed by atoms with Gasteiger partial charge in [0.05, 0.1) is 6.61 Å². The van der Waals surface area contributed by atoms with Gasteiger partial charge in [-0.2, -0.15) is 0 Å². The van der Waals surface area contributed by atoms with Crippen LogP contribution in [0.5, 0.6) is 5.75 Å². The van der Waals surface area contributed by atoms with Crippen LogP contribution in [0.25, 0.3) is 0 Å². The van der Waals surface area contributed by atoms with Gasteiger partial charge in [0.25, 0.3) is 0 Å². The van der Waals surface area contributed by atoms with Gasteiger partial charge in [0.2, 0.25) is 0 Å². The van der Waals surface area contributed by atoms with Crippen molar-refractivity contribution in [1.29, 1.82) is 0 Å². The van der Waals surface area contributed by atoms with E-state index in [-0.39, 0.29) is 11.8 Å². The first-order valence-electron chi connectivity index (χ1n) is 7.19. The van der Waals surface area contributed by atoms with Gasteiger partial charge in [-0.05, 0) is 24.2 Å². The lowest BCUT2D eigenvalue weighted by atomic mass is 10.1. The summed E-state index contributed by atoms with van der Waals surface area (Å²) in [4.78, 5) is 2.23. The fraction of sp³-hybridized carbons (Fsp3) is 0.533. The van der Waals surface area contributed by atoms with Crippen molar-refractivity contribution >= 4 is 17.4 Å². The van der Waals surface area contributed by atoms with Gasteiger partial charge in [0, 0.05) is 36.0 Å². The van der Waals surface area contributed by atoms with E-state index in [2.05, 4.69) is 17.0 Å². The van der Waals surface area contributed by atoms with Crippen molar-refractivity contribution in [3.05, 3.63) is 28.3 Å². The maximum Gasteiger partial charge on any atom is 0.143 e. The Balaban J connectivity index is 2.12. The Hall–Kier alpha value is -1.46. The van der Waals surface area contributed by atoms with Gasteiger partial charge in [0.1, 0.15) is 11.6 Å². The van der Waals surface area contributed by atoms with Gasteiger partial charge in [-0.3, -0.25) is 4.90 Å². The SMILES string of the molecule is CCN(Cc1cc(Cl)cc2c1OCC2)CC(C)/C(N)=N/O. The van der Waals surface area contributed by atoms with Crippen molar-refractivity contribution < 1.29 is 9.94 Å². The molecule has 0 bridgehead atoms. The van der Waals surface area contributed by atoms with Crippen molar-refractivity contribution in [3.63, 3.8) is 0 Å². The minimum Gasteiger partial charge on any atom is -0.493 e. The second-order valence-corrected chi connectivity index (χ2v) is 5.84. The molecule has 0 aliphatic carbocycles. The van der Waals surface area contributed by atoms with Crippen molar-refractivity contribution in [1.82, 2.24) is 4.90 Å². The molecule has 0 spiro atoms. The third kappa shape index (κ3) is 3.80. The summed E-state index contributed by atoms with van der Waals surface area (Å²) in [6, 6.07) is 3.94. The van der Waals surface area contributed by atoms with Crippen LogP contribution in [0.4, 0.5) is 0 Å². The topological polar surface area (TPSA) is 71.1 Å². The zero-order valence-corrected chi connectivity index (χ0v) is 13.2. The number of amidine groups is 1. The Morgan fingerprint density at radius 1 is 1.57 bits per heavy atom.